The molecule has 11 heteroatoms. The van der Waals surface area contributed by atoms with E-state index in [2.05, 4.69) is 28.6 Å². The van der Waals surface area contributed by atoms with Gasteiger partial charge in [0.1, 0.15) is 18.1 Å². The van der Waals surface area contributed by atoms with Gasteiger partial charge in [0.15, 0.2) is 0 Å². The molecule has 0 bridgehead atoms. The van der Waals surface area contributed by atoms with Crippen LogP contribution in [0.1, 0.15) is 32.3 Å². The number of rotatable bonds is 15. The molecule has 0 spiro atoms. The summed E-state index contributed by atoms with van der Waals surface area (Å²) in [5, 5.41) is 17.4. The number of aliphatic carboxylic acids is 1. The number of nitrogens with one attached hydrogen (secondary N) is 3. The lowest BCUT2D eigenvalue weighted by Crippen LogP contribution is -2.59. The minimum Gasteiger partial charge on any atom is -0.480 e. The van der Waals surface area contributed by atoms with E-state index in [1.807, 2.05) is 43.5 Å². The average molecular weight is 513 g/mol. The normalized spacial score (nSPS) is 15.3. The quantitative estimate of drug-likeness (QED) is 0.190. The van der Waals surface area contributed by atoms with E-state index in [0.717, 1.165) is 5.56 Å². The zero-order valence-electron chi connectivity index (χ0n) is 19.8. The monoisotopic (exact) mass is 512 g/mol. The van der Waals surface area contributed by atoms with Gasteiger partial charge in [-0.15, -0.1) is 0 Å². The Morgan fingerprint density at radius 1 is 1.03 bits per heavy atom. The molecule has 1 aromatic carbocycles. The van der Waals surface area contributed by atoms with Gasteiger partial charge in [0, 0.05) is 12.2 Å². The van der Waals surface area contributed by atoms with Gasteiger partial charge in [0.25, 0.3) is 0 Å². The molecule has 0 aliphatic carbocycles. The first kappa shape index (κ1) is 29.8. The molecule has 34 heavy (non-hydrogen) atoms. The number of carboxylic acids is 1. The van der Waals surface area contributed by atoms with Crippen LogP contribution in [0.2, 0.25) is 0 Å². The number of thiol groups is 1. The van der Waals surface area contributed by atoms with Crippen molar-refractivity contribution < 1.29 is 24.3 Å². The molecule has 0 aliphatic heterocycles. The lowest BCUT2D eigenvalue weighted by atomic mass is 9.96. The summed E-state index contributed by atoms with van der Waals surface area (Å²) in [5.41, 5.74) is 6.57. The Balaban J connectivity index is 3.08. The van der Waals surface area contributed by atoms with Crippen LogP contribution in [0, 0.1) is 5.92 Å². The van der Waals surface area contributed by atoms with Gasteiger partial charge < -0.3 is 26.8 Å². The lowest BCUT2D eigenvalue weighted by molar-refractivity contribution is -0.142. The molecule has 0 saturated carbocycles. The molecule has 6 N–H and O–H groups in total. The lowest BCUT2D eigenvalue weighted by Gasteiger charge is -2.28. The molecular formula is C23H36N4O5S2. The molecule has 5 unspecified atom stereocenters. The first-order chi connectivity index (χ1) is 16.1. The highest BCUT2D eigenvalue weighted by Gasteiger charge is 2.32. The number of thioether (sulfide) groups is 1. The van der Waals surface area contributed by atoms with Crippen LogP contribution in [0.25, 0.3) is 0 Å². The molecule has 0 heterocycles. The summed E-state index contributed by atoms with van der Waals surface area (Å²) < 4.78 is 0. The van der Waals surface area contributed by atoms with Gasteiger partial charge in [0.05, 0.1) is 6.04 Å². The van der Waals surface area contributed by atoms with Gasteiger partial charge in [-0.3, -0.25) is 14.4 Å². The van der Waals surface area contributed by atoms with Crippen LogP contribution in [0.4, 0.5) is 0 Å². The summed E-state index contributed by atoms with van der Waals surface area (Å²) in [6.45, 7) is 3.66. The van der Waals surface area contributed by atoms with Crippen molar-refractivity contribution >= 4 is 48.1 Å². The SMILES string of the molecule is CCC(C)C(NC(=O)C(Cc1ccccc1)NC(=O)C(N)CS)C(=O)NC(CCSC)C(=O)O. The standard InChI is InChI=1S/C23H36N4O5S2/c1-4-14(2)19(22(30)25-17(23(31)32)10-11-34-3)27-21(29)18(26-20(28)16(24)13-33)12-15-8-6-5-7-9-15/h5-9,14,16-19,33H,4,10-13,24H2,1-3H3,(H,25,30)(H,26,28)(H,27,29)(H,31,32). The minimum atomic E-state index is -1.13. The van der Waals surface area contributed by atoms with E-state index < -0.39 is 47.9 Å². The predicted octanol–water partition coefficient (Wildman–Crippen LogP) is 0.824. The Morgan fingerprint density at radius 3 is 2.18 bits per heavy atom. The van der Waals surface area contributed by atoms with Crippen molar-refractivity contribution in [1.82, 2.24) is 16.0 Å². The van der Waals surface area contributed by atoms with Crippen LogP contribution >= 0.6 is 24.4 Å². The summed E-state index contributed by atoms with van der Waals surface area (Å²) in [4.78, 5) is 50.2. The van der Waals surface area contributed by atoms with Gasteiger partial charge in [-0.05, 0) is 29.9 Å². The molecule has 5 atom stereocenters. The Bertz CT molecular complexity index is 812. The fraction of sp³-hybridized carbons (Fsp3) is 0.565. The van der Waals surface area contributed by atoms with E-state index in [4.69, 9.17) is 5.73 Å². The second-order valence-electron chi connectivity index (χ2n) is 8.09. The number of hydrogen-bond donors (Lipinski definition) is 6. The van der Waals surface area contributed by atoms with Gasteiger partial charge in [0.2, 0.25) is 17.7 Å². The van der Waals surface area contributed by atoms with Crippen LogP contribution in [0.15, 0.2) is 30.3 Å². The second-order valence-corrected chi connectivity index (χ2v) is 9.44. The van der Waals surface area contributed by atoms with Crippen molar-refractivity contribution in [3.8, 4) is 0 Å². The Morgan fingerprint density at radius 2 is 1.65 bits per heavy atom. The van der Waals surface area contributed by atoms with Crippen LogP contribution in [0.5, 0.6) is 0 Å². The maximum Gasteiger partial charge on any atom is 0.326 e. The van der Waals surface area contributed by atoms with Crippen molar-refractivity contribution in [2.24, 2.45) is 11.7 Å². The van der Waals surface area contributed by atoms with Crippen LogP contribution < -0.4 is 21.7 Å². The smallest absolute Gasteiger partial charge is 0.326 e. The van der Waals surface area contributed by atoms with E-state index in [-0.39, 0.29) is 24.5 Å². The van der Waals surface area contributed by atoms with Crippen molar-refractivity contribution in [1.29, 1.82) is 0 Å². The number of nitrogens with two attached hydrogens (primary N) is 1. The Labute approximate surface area is 210 Å². The maximum absolute atomic E-state index is 13.2. The third-order valence-electron chi connectivity index (χ3n) is 5.47. The molecule has 0 radical (unpaired) electrons. The highest BCUT2D eigenvalue weighted by atomic mass is 32.2. The molecular weight excluding hydrogens is 476 g/mol. The van der Waals surface area contributed by atoms with Crippen molar-refractivity contribution in [2.75, 3.05) is 17.8 Å². The largest absolute Gasteiger partial charge is 0.480 e. The summed E-state index contributed by atoms with van der Waals surface area (Å²) >= 11 is 5.51. The summed E-state index contributed by atoms with van der Waals surface area (Å²) in [6.07, 6.45) is 2.88. The van der Waals surface area contributed by atoms with Crippen molar-refractivity contribution in [3.63, 3.8) is 0 Å². The second kappa shape index (κ2) is 15.6. The van der Waals surface area contributed by atoms with E-state index >= 15 is 0 Å². The van der Waals surface area contributed by atoms with Crippen LogP contribution in [-0.2, 0) is 25.6 Å². The first-order valence-corrected chi connectivity index (χ1v) is 13.2. The average Bonchev–Trinajstić information content (AvgIpc) is 2.83. The highest BCUT2D eigenvalue weighted by molar-refractivity contribution is 7.98. The van der Waals surface area contributed by atoms with Gasteiger partial charge >= 0.3 is 5.97 Å². The molecule has 9 nitrogen and oxygen atoms in total. The zero-order chi connectivity index (χ0) is 25.7. The number of carboxylic acid groups (broad SMARTS) is 1. The number of benzene rings is 1. The highest BCUT2D eigenvalue weighted by Crippen LogP contribution is 2.11. The van der Waals surface area contributed by atoms with Gasteiger partial charge in [-0.25, -0.2) is 4.79 Å². The van der Waals surface area contributed by atoms with E-state index in [1.165, 1.54) is 11.8 Å². The van der Waals surface area contributed by atoms with Crippen molar-refractivity contribution in [3.05, 3.63) is 35.9 Å². The first-order valence-electron chi connectivity index (χ1n) is 11.2. The predicted molar refractivity (Wildman–Crippen MR) is 138 cm³/mol. The third-order valence-corrected chi connectivity index (χ3v) is 6.50. The van der Waals surface area contributed by atoms with Crippen LogP contribution in [0.3, 0.4) is 0 Å². The van der Waals surface area contributed by atoms with Gasteiger partial charge in [-0.2, -0.15) is 24.4 Å². The molecule has 0 fully saturated rings. The Kier molecular flexibility index (Phi) is 13.7. The van der Waals surface area contributed by atoms with Crippen molar-refractivity contribution in [2.45, 2.75) is 57.3 Å². The Hall–Kier alpha value is -2.24. The van der Waals surface area contributed by atoms with Crippen LogP contribution in [-0.4, -0.2) is 70.7 Å². The number of hydrogen-bond acceptors (Lipinski definition) is 7. The fourth-order valence-electron chi connectivity index (χ4n) is 3.13. The number of carbonyl (C=O) groups excluding carboxylic acids is 3. The fourth-order valence-corrected chi connectivity index (χ4v) is 3.77. The molecule has 1 aromatic rings. The minimum absolute atomic E-state index is 0.107. The van der Waals surface area contributed by atoms with Gasteiger partial charge in [-0.1, -0.05) is 50.6 Å². The molecule has 0 aromatic heterocycles. The van der Waals surface area contributed by atoms with E-state index in [9.17, 15) is 24.3 Å². The third kappa shape index (κ3) is 9.94. The molecule has 0 saturated heterocycles. The van der Waals surface area contributed by atoms with E-state index in [0.29, 0.717) is 12.2 Å². The molecule has 3 amide bonds. The molecule has 1 rings (SSSR count). The van der Waals surface area contributed by atoms with E-state index in [1.54, 1.807) is 6.92 Å². The summed E-state index contributed by atoms with van der Waals surface area (Å²) in [7, 11) is 0. The molecule has 190 valence electrons. The summed E-state index contributed by atoms with van der Waals surface area (Å²) in [5.74, 6) is -2.39. The topological polar surface area (TPSA) is 151 Å². The molecule has 0 aliphatic rings. The zero-order valence-corrected chi connectivity index (χ0v) is 21.5. The number of amides is 3. The summed E-state index contributed by atoms with van der Waals surface area (Å²) in [6, 6.07) is 5.23. The number of carbonyl (C=O) groups is 4. The maximum atomic E-state index is 13.2.